The van der Waals surface area contributed by atoms with Gasteiger partial charge in [0.2, 0.25) is 5.91 Å². The van der Waals surface area contributed by atoms with Crippen LogP contribution in [0.2, 0.25) is 5.15 Å². The van der Waals surface area contributed by atoms with Crippen molar-refractivity contribution in [2.24, 2.45) is 17.6 Å². The third-order valence-corrected chi connectivity index (χ3v) is 8.90. The van der Waals surface area contributed by atoms with Crippen molar-refractivity contribution in [2.45, 2.75) is 69.1 Å². The Morgan fingerprint density at radius 3 is 2.84 bits per heavy atom. The Kier molecular flexibility index (Phi) is 7.09. The van der Waals surface area contributed by atoms with Gasteiger partial charge in [-0.05, 0) is 67.7 Å². The molecule has 8 N–H and O–H groups in total. The molecule has 1 amide bonds. The van der Waals surface area contributed by atoms with Crippen molar-refractivity contribution in [1.82, 2.24) is 31.1 Å². The topological polar surface area (TPSA) is 147 Å². The third kappa shape index (κ3) is 5.03. The van der Waals surface area contributed by atoms with Gasteiger partial charge in [0.15, 0.2) is 5.15 Å². The Bertz CT molecular complexity index is 1300. The van der Waals surface area contributed by atoms with E-state index in [1.165, 1.54) is 0 Å². The number of carbonyl (C=O) groups excluding carboxylic acids is 1. The van der Waals surface area contributed by atoms with Crippen molar-refractivity contribution >= 4 is 23.3 Å². The molecule has 3 aromatic rings. The van der Waals surface area contributed by atoms with E-state index in [2.05, 4.69) is 38.3 Å². The Labute approximate surface area is 227 Å². The van der Waals surface area contributed by atoms with E-state index in [4.69, 9.17) is 28.1 Å². The van der Waals surface area contributed by atoms with E-state index in [9.17, 15) is 4.79 Å². The first-order valence-corrected chi connectivity index (χ1v) is 13.9. The number of aromatic nitrogens is 3. The average molecular weight is 535 g/mol. The summed E-state index contributed by atoms with van der Waals surface area (Å²) in [6.07, 6.45) is 7.42. The molecule has 5 unspecified atom stereocenters. The minimum absolute atomic E-state index is 0.0151. The number of benzene rings is 1. The number of fused-ring (bicyclic) bond motifs is 2. The zero-order valence-corrected chi connectivity index (χ0v) is 22.0. The third-order valence-electron chi connectivity index (χ3n) is 8.61. The van der Waals surface area contributed by atoms with Crippen LogP contribution in [0.25, 0.3) is 0 Å². The molecule has 0 spiro atoms. The van der Waals surface area contributed by atoms with Gasteiger partial charge in [0.05, 0.1) is 17.9 Å². The Hall–Kier alpha value is -2.98. The molecule has 200 valence electrons. The molecular weight excluding hydrogens is 500 g/mol. The summed E-state index contributed by atoms with van der Waals surface area (Å²) in [5, 5.41) is 3.79. The number of anilines is 1. The molecule has 2 aromatic heterocycles. The molecule has 3 heterocycles. The fourth-order valence-corrected chi connectivity index (χ4v) is 6.77. The molecule has 2 aliphatic carbocycles. The van der Waals surface area contributed by atoms with Crippen molar-refractivity contribution in [1.29, 1.82) is 0 Å². The molecule has 1 aliphatic heterocycles. The van der Waals surface area contributed by atoms with Crippen LogP contribution in [-0.2, 0) is 24.1 Å². The Morgan fingerprint density at radius 2 is 2.00 bits per heavy atom. The van der Waals surface area contributed by atoms with Crippen molar-refractivity contribution in [3.63, 3.8) is 0 Å². The molecule has 0 bridgehead atoms. The first-order valence-electron chi connectivity index (χ1n) is 13.5. The largest absolute Gasteiger partial charge is 0.383 e. The van der Waals surface area contributed by atoms with Gasteiger partial charge in [-0.2, -0.15) is 0 Å². The van der Waals surface area contributed by atoms with Gasteiger partial charge >= 0.3 is 0 Å². The second-order valence-electron chi connectivity index (χ2n) is 10.9. The molecule has 0 radical (unpaired) electrons. The van der Waals surface area contributed by atoms with Crippen LogP contribution in [0.1, 0.15) is 65.9 Å². The lowest BCUT2D eigenvalue weighted by atomic mass is 9.77. The van der Waals surface area contributed by atoms with Crippen molar-refractivity contribution in [3.8, 4) is 0 Å². The summed E-state index contributed by atoms with van der Waals surface area (Å²) in [5.74, 6) is 1.84. The Balaban J connectivity index is 1.22. The molecule has 1 aromatic carbocycles. The highest BCUT2D eigenvalue weighted by Gasteiger charge is 2.40. The minimum atomic E-state index is -0.323. The zero-order chi connectivity index (χ0) is 26.2. The van der Waals surface area contributed by atoms with Crippen LogP contribution in [0, 0.1) is 11.8 Å². The van der Waals surface area contributed by atoms with Crippen LogP contribution in [-0.4, -0.2) is 33.1 Å². The van der Waals surface area contributed by atoms with Gasteiger partial charge in [0, 0.05) is 30.0 Å². The van der Waals surface area contributed by atoms with Crippen molar-refractivity contribution < 1.29 is 4.79 Å². The van der Waals surface area contributed by atoms with Crippen LogP contribution in [0.15, 0.2) is 42.6 Å². The number of halogens is 1. The van der Waals surface area contributed by atoms with E-state index in [0.717, 1.165) is 54.5 Å². The van der Waals surface area contributed by atoms with Gasteiger partial charge < -0.3 is 21.8 Å². The number of hydrogen-bond donors (Lipinski definition) is 6. The number of nitrogens with zero attached hydrogens (tertiary/aromatic N) is 2. The Morgan fingerprint density at radius 1 is 1.16 bits per heavy atom. The van der Waals surface area contributed by atoms with Crippen LogP contribution in [0.5, 0.6) is 0 Å². The maximum absolute atomic E-state index is 13.6. The zero-order valence-electron chi connectivity index (χ0n) is 21.3. The summed E-state index contributed by atoms with van der Waals surface area (Å²) in [6, 6.07) is 12.1. The van der Waals surface area contributed by atoms with Crippen molar-refractivity contribution in [2.75, 3.05) is 5.73 Å². The smallest absolute Gasteiger partial charge is 0.224 e. The molecule has 2 fully saturated rings. The first-order chi connectivity index (χ1) is 18.5. The van der Waals surface area contributed by atoms with E-state index in [-0.39, 0.29) is 30.0 Å². The maximum Gasteiger partial charge on any atom is 0.224 e. The van der Waals surface area contributed by atoms with E-state index in [1.807, 2.05) is 24.3 Å². The van der Waals surface area contributed by atoms with Gasteiger partial charge in [-0.1, -0.05) is 41.9 Å². The first kappa shape index (κ1) is 25.3. The number of rotatable bonds is 6. The number of nitrogen functional groups attached to an aromatic ring is 1. The predicted molar refractivity (Wildman–Crippen MR) is 147 cm³/mol. The lowest BCUT2D eigenvalue weighted by Gasteiger charge is -2.31. The van der Waals surface area contributed by atoms with Crippen LogP contribution in [0.4, 0.5) is 5.82 Å². The summed E-state index contributed by atoms with van der Waals surface area (Å²) >= 11 is 6.72. The summed E-state index contributed by atoms with van der Waals surface area (Å²) in [5.41, 5.74) is 23.0. The highest BCUT2D eigenvalue weighted by Crippen LogP contribution is 2.40. The van der Waals surface area contributed by atoms with Gasteiger partial charge in [0.1, 0.15) is 11.6 Å². The number of aromatic amines is 1. The monoisotopic (exact) mass is 534 g/mol. The van der Waals surface area contributed by atoms with Crippen LogP contribution >= 0.6 is 11.6 Å². The van der Waals surface area contributed by atoms with Crippen LogP contribution in [0.3, 0.4) is 0 Å². The SMILES string of the molecule is Nc1nccc2c1CCC(C(=O)N[C@@H](Cc1ccccc1)c1nc(Cl)c(C3CCC4C(N)NNC4C3)[nH]1)C2. The van der Waals surface area contributed by atoms with E-state index in [0.29, 0.717) is 41.6 Å². The normalized spacial score (nSPS) is 27.4. The highest BCUT2D eigenvalue weighted by atomic mass is 35.5. The van der Waals surface area contributed by atoms with Crippen LogP contribution < -0.4 is 27.6 Å². The standard InChI is InChI=1S/C28H35ClN8O/c29-24-23(17-6-9-20-21(14-17)36-37-26(20)31)34-27(35-24)22(12-15-4-2-1-3-5-15)33-28(38)18-7-8-19-16(13-18)10-11-32-25(19)30/h1-5,10-11,17-18,20-22,26,36-37H,6-9,12-14,31H2,(H2,30,32)(H,33,38)(H,34,35)/t17?,18?,20?,21?,22-,26?/m0/s1. The van der Waals surface area contributed by atoms with Gasteiger partial charge in [0.25, 0.3) is 0 Å². The number of hydrogen-bond acceptors (Lipinski definition) is 7. The van der Waals surface area contributed by atoms with Gasteiger partial charge in [-0.3, -0.25) is 10.2 Å². The number of nitrogens with two attached hydrogens (primary N) is 2. The molecule has 3 aliphatic rings. The molecule has 10 heteroatoms. The number of pyridine rings is 1. The number of H-pyrrole nitrogens is 1. The quantitative estimate of drug-likeness (QED) is 0.285. The summed E-state index contributed by atoms with van der Waals surface area (Å²) in [7, 11) is 0. The molecule has 9 nitrogen and oxygen atoms in total. The number of amides is 1. The lowest BCUT2D eigenvalue weighted by molar-refractivity contribution is -0.126. The number of carbonyl (C=O) groups is 1. The second kappa shape index (κ2) is 10.6. The summed E-state index contributed by atoms with van der Waals surface area (Å²) < 4.78 is 0. The van der Waals surface area contributed by atoms with Crippen molar-refractivity contribution in [3.05, 3.63) is 76.0 Å². The minimum Gasteiger partial charge on any atom is -0.383 e. The summed E-state index contributed by atoms with van der Waals surface area (Å²) in [4.78, 5) is 26.0. The highest BCUT2D eigenvalue weighted by molar-refractivity contribution is 6.30. The molecule has 1 saturated heterocycles. The second-order valence-corrected chi connectivity index (χ2v) is 11.3. The molecule has 6 rings (SSSR count). The summed E-state index contributed by atoms with van der Waals surface area (Å²) in [6.45, 7) is 0. The van der Waals surface area contributed by atoms with Gasteiger partial charge in [-0.15, -0.1) is 0 Å². The molecule has 6 atom stereocenters. The van der Waals surface area contributed by atoms with E-state index >= 15 is 0 Å². The molecule has 1 saturated carbocycles. The maximum atomic E-state index is 13.6. The molecule has 38 heavy (non-hydrogen) atoms. The fourth-order valence-electron chi connectivity index (χ4n) is 6.48. The number of hydrazine groups is 1. The lowest BCUT2D eigenvalue weighted by Crippen LogP contribution is -2.39. The average Bonchev–Trinajstić information content (AvgIpc) is 3.50. The predicted octanol–water partition coefficient (Wildman–Crippen LogP) is 2.89. The van der Waals surface area contributed by atoms with E-state index < -0.39 is 0 Å². The number of nitrogens with one attached hydrogen (secondary N) is 4. The van der Waals surface area contributed by atoms with E-state index in [1.54, 1.807) is 6.20 Å². The fraction of sp³-hybridized carbons (Fsp3) is 0.464. The van der Waals surface area contributed by atoms with Gasteiger partial charge in [-0.25, -0.2) is 15.4 Å². The molecular formula is C28H35ClN8O. The number of imidazole rings is 1.